The Morgan fingerprint density at radius 2 is 1.91 bits per heavy atom. The van der Waals surface area contributed by atoms with Crippen molar-refractivity contribution in [1.29, 1.82) is 0 Å². The summed E-state index contributed by atoms with van der Waals surface area (Å²) in [4.78, 5) is 28.7. The summed E-state index contributed by atoms with van der Waals surface area (Å²) in [6.45, 7) is 9.68. The number of rotatable bonds is 6. The second-order valence-corrected chi connectivity index (χ2v) is 9.60. The summed E-state index contributed by atoms with van der Waals surface area (Å²) in [7, 11) is 1.55. The normalized spacial score (nSPS) is 11.8. The highest BCUT2D eigenvalue weighted by molar-refractivity contribution is 6.32. The fraction of sp³-hybridized carbons (Fsp3) is 0.391. The highest BCUT2D eigenvalue weighted by Crippen LogP contribution is 2.36. The van der Waals surface area contributed by atoms with Gasteiger partial charge in [-0.1, -0.05) is 31.5 Å². The molecule has 10 heteroatoms. The van der Waals surface area contributed by atoms with Gasteiger partial charge in [-0.2, -0.15) is 0 Å². The van der Waals surface area contributed by atoms with E-state index < -0.39 is 17.1 Å². The van der Waals surface area contributed by atoms with Crippen LogP contribution >= 0.6 is 11.6 Å². The number of nitrogen functional groups attached to an aromatic ring is 1. The summed E-state index contributed by atoms with van der Waals surface area (Å²) >= 11 is 6.21. The van der Waals surface area contributed by atoms with E-state index in [0.717, 1.165) is 5.56 Å². The lowest BCUT2D eigenvalue weighted by molar-refractivity contribution is 0.0516. The van der Waals surface area contributed by atoms with Gasteiger partial charge in [-0.05, 0) is 39.0 Å². The number of benzene rings is 1. The molecule has 2 heterocycles. The van der Waals surface area contributed by atoms with Crippen LogP contribution in [0.5, 0.6) is 5.75 Å². The zero-order chi connectivity index (χ0) is 24.4. The van der Waals surface area contributed by atoms with Crippen LogP contribution in [0.4, 0.5) is 10.7 Å². The summed E-state index contributed by atoms with van der Waals surface area (Å²) in [6, 6.07) is 7.15. The molecule has 0 aliphatic heterocycles. The molecule has 2 aromatic heterocycles. The van der Waals surface area contributed by atoms with E-state index in [2.05, 4.69) is 20.3 Å². The number of nitrogens with two attached hydrogens (primary N) is 1. The van der Waals surface area contributed by atoms with Gasteiger partial charge in [-0.15, -0.1) is 0 Å². The van der Waals surface area contributed by atoms with Crippen molar-refractivity contribution in [3.63, 3.8) is 0 Å². The second-order valence-electron chi connectivity index (χ2n) is 9.20. The third-order valence-electron chi connectivity index (χ3n) is 4.77. The Hall–Kier alpha value is -3.33. The predicted octanol–water partition coefficient (Wildman–Crippen LogP) is 4.58. The number of hydrogen-bond donors (Lipinski definition) is 3. The molecule has 0 unspecified atom stereocenters. The number of nitrogens with zero attached hydrogens (tertiary/aromatic N) is 3. The molecule has 0 aliphatic carbocycles. The molecule has 0 atom stereocenters. The molecule has 0 fully saturated rings. The van der Waals surface area contributed by atoms with Crippen molar-refractivity contribution in [2.24, 2.45) is 0 Å². The number of aromatic amines is 1. The molecule has 176 valence electrons. The van der Waals surface area contributed by atoms with E-state index in [4.69, 9.17) is 31.8 Å². The predicted molar refractivity (Wildman–Crippen MR) is 128 cm³/mol. The van der Waals surface area contributed by atoms with Crippen molar-refractivity contribution in [3.05, 3.63) is 41.3 Å². The van der Waals surface area contributed by atoms with E-state index in [-0.39, 0.29) is 5.95 Å². The van der Waals surface area contributed by atoms with Crippen LogP contribution in [-0.2, 0) is 10.2 Å². The Balaban J connectivity index is 2.01. The fourth-order valence-electron chi connectivity index (χ4n) is 3.10. The standard InChI is InChI=1S/C23H29ClN6O3/c1-22(2,3)33-21(31)27-12-23(4,5)19-29-17(13-7-8-14(24)16(11-13)32-6)18(30-19)15-9-10-26-20(25)28-15/h7-11H,12H2,1-6H3,(H,27,31)(H,29,30)(H2,25,26,28). The van der Waals surface area contributed by atoms with Gasteiger partial charge in [0.05, 0.1) is 29.2 Å². The Labute approximate surface area is 198 Å². The van der Waals surface area contributed by atoms with Crippen LogP contribution in [0.3, 0.4) is 0 Å². The van der Waals surface area contributed by atoms with Gasteiger partial charge in [-0.3, -0.25) is 0 Å². The number of nitrogens with one attached hydrogen (secondary N) is 2. The highest BCUT2D eigenvalue weighted by atomic mass is 35.5. The molecule has 1 aromatic carbocycles. The zero-order valence-electron chi connectivity index (χ0n) is 19.6. The average molecular weight is 473 g/mol. The molecule has 9 nitrogen and oxygen atoms in total. The minimum absolute atomic E-state index is 0.147. The van der Waals surface area contributed by atoms with E-state index in [9.17, 15) is 4.79 Å². The molecule has 33 heavy (non-hydrogen) atoms. The molecule has 0 radical (unpaired) electrons. The molecule has 0 aliphatic rings. The van der Waals surface area contributed by atoms with E-state index in [1.54, 1.807) is 25.4 Å². The topological polar surface area (TPSA) is 128 Å². The van der Waals surface area contributed by atoms with Gasteiger partial charge in [0.1, 0.15) is 17.2 Å². The quantitative estimate of drug-likeness (QED) is 0.478. The fourth-order valence-corrected chi connectivity index (χ4v) is 3.29. The molecule has 3 aromatic rings. The first kappa shape index (κ1) is 24.3. The van der Waals surface area contributed by atoms with Gasteiger partial charge in [-0.25, -0.2) is 19.7 Å². The number of aromatic nitrogens is 4. The van der Waals surface area contributed by atoms with Gasteiger partial charge in [0.25, 0.3) is 0 Å². The Kier molecular flexibility index (Phi) is 6.83. The van der Waals surface area contributed by atoms with Crippen LogP contribution < -0.4 is 15.8 Å². The van der Waals surface area contributed by atoms with E-state index >= 15 is 0 Å². The van der Waals surface area contributed by atoms with Crippen molar-refractivity contribution < 1.29 is 14.3 Å². The largest absolute Gasteiger partial charge is 0.495 e. The van der Waals surface area contributed by atoms with Crippen LogP contribution in [0.15, 0.2) is 30.5 Å². The lowest BCUT2D eigenvalue weighted by atomic mass is 9.92. The first-order valence-electron chi connectivity index (χ1n) is 10.4. The van der Waals surface area contributed by atoms with E-state index in [1.165, 1.54) is 0 Å². The number of imidazole rings is 1. The van der Waals surface area contributed by atoms with Gasteiger partial charge in [0.15, 0.2) is 0 Å². The molecule has 1 amide bonds. The van der Waals surface area contributed by atoms with Crippen molar-refractivity contribution in [3.8, 4) is 28.4 Å². The first-order chi connectivity index (χ1) is 15.4. The van der Waals surface area contributed by atoms with Crippen LogP contribution in [0.1, 0.15) is 40.4 Å². The molecular formula is C23H29ClN6O3. The van der Waals surface area contributed by atoms with Gasteiger partial charge in [0, 0.05) is 23.7 Å². The number of carbonyl (C=O) groups is 1. The maximum absolute atomic E-state index is 12.2. The van der Waals surface area contributed by atoms with Gasteiger partial charge >= 0.3 is 6.09 Å². The van der Waals surface area contributed by atoms with E-state index in [0.29, 0.717) is 40.2 Å². The van der Waals surface area contributed by atoms with E-state index in [1.807, 2.05) is 46.8 Å². The Morgan fingerprint density at radius 1 is 1.18 bits per heavy atom. The lowest BCUT2D eigenvalue weighted by Gasteiger charge is -2.25. The molecular weight excluding hydrogens is 444 g/mol. The third-order valence-corrected chi connectivity index (χ3v) is 5.09. The molecule has 0 spiro atoms. The number of halogens is 1. The summed E-state index contributed by atoms with van der Waals surface area (Å²) < 4.78 is 10.7. The summed E-state index contributed by atoms with van der Waals surface area (Å²) in [5.74, 6) is 1.32. The Morgan fingerprint density at radius 3 is 2.55 bits per heavy atom. The average Bonchev–Trinajstić information content (AvgIpc) is 3.18. The number of carbonyl (C=O) groups excluding carboxylic acids is 1. The van der Waals surface area contributed by atoms with Crippen molar-refractivity contribution in [2.45, 2.75) is 45.6 Å². The third kappa shape index (κ3) is 5.92. The van der Waals surface area contributed by atoms with Gasteiger partial charge in [0.2, 0.25) is 5.95 Å². The number of ether oxygens (including phenoxy) is 2. The number of amides is 1. The molecule has 0 saturated heterocycles. The lowest BCUT2D eigenvalue weighted by Crippen LogP contribution is -2.40. The number of alkyl carbamates (subject to hydrolysis) is 1. The SMILES string of the molecule is COc1cc(-c2nc(C(C)(C)CNC(=O)OC(C)(C)C)[nH]c2-c2ccnc(N)n2)ccc1Cl. The second kappa shape index (κ2) is 9.27. The maximum atomic E-state index is 12.2. The van der Waals surface area contributed by atoms with Crippen molar-refractivity contribution in [2.75, 3.05) is 19.4 Å². The number of anilines is 1. The minimum atomic E-state index is -0.584. The molecule has 0 bridgehead atoms. The minimum Gasteiger partial charge on any atom is -0.495 e. The maximum Gasteiger partial charge on any atom is 0.407 e. The smallest absolute Gasteiger partial charge is 0.407 e. The van der Waals surface area contributed by atoms with Crippen LogP contribution in [-0.4, -0.2) is 45.3 Å². The van der Waals surface area contributed by atoms with Crippen molar-refractivity contribution in [1.82, 2.24) is 25.3 Å². The first-order valence-corrected chi connectivity index (χ1v) is 10.8. The number of H-pyrrole nitrogens is 1. The molecule has 3 rings (SSSR count). The summed E-state index contributed by atoms with van der Waals surface area (Å²) in [5, 5.41) is 3.31. The zero-order valence-corrected chi connectivity index (χ0v) is 20.4. The summed E-state index contributed by atoms with van der Waals surface area (Å²) in [5.41, 5.74) is 7.35. The van der Waals surface area contributed by atoms with Crippen molar-refractivity contribution >= 4 is 23.6 Å². The van der Waals surface area contributed by atoms with Crippen LogP contribution in [0.2, 0.25) is 5.02 Å². The summed E-state index contributed by atoms with van der Waals surface area (Å²) in [6.07, 6.45) is 1.09. The Bertz CT molecular complexity index is 1150. The van der Waals surface area contributed by atoms with Crippen LogP contribution in [0.25, 0.3) is 22.6 Å². The number of hydrogen-bond acceptors (Lipinski definition) is 7. The monoisotopic (exact) mass is 472 g/mol. The van der Waals surface area contributed by atoms with Crippen LogP contribution in [0, 0.1) is 0 Å². The molecule has 4 N–H and O–H groups in total. The van der Waals surface area contributed by atoms with Gasteiger partial charge < -0.3 is 25.5 Å². The molecule has 0 saturated carbocycles. The highest BCUT2D eigenvalue weighted by Gasteiger charge is 2.29. The number of methoxy groups -OCH3 is 1.